The van der Waals surface area contributed by atoms with Crippen molar-refractivity contribution >= 4 is 44.4 Å². The maximum atomic E-state index is 12.2. The minimum absolute atomic E-state index is 0.0516. The van der Waals surface area contributed by atoms with Crippen molar-refractivity contribution in [1.82, 2.24) is 4.72 Å². The molecule has 0 aromatic heterocycles. The first-order valence-electron chi connectivity index (χ1n) is 5.86. The number of hydrogen-bond acceptors (Lipinski definition) is 4. The Balaban J connectivity index is 2.09. The molecular weight excluding hydrogens is 306 g/mol. The molecule has 1 unspecified atom stereocenters. The topological polar surface area (TPSA) is 70.9 Å². The summed E-state index contributed by atoms with van der Waals surface area (Å²) in [6.07, 6.45) is 1.47. The van der Waals surface area contributed by atoms with E-state index < -0.39 is 10.0 Å². The minimum atomic E-state index is -3.54. The van der Waals surface area contributed by atoms with Gasteiger partial charge in [0.05, 0.1) is 11.4 Å². The Kier molecular flexibility index (Phi) is 4.72. The Morgan fingerprint density at radius 1 is 1.42 bits per heavy atom. The summed E-state index contributed by atoms with van der Waals surface area (Å²) < 4.78 is 35.0. The molecule has 0 aliphatic carbocycles. The molecule has 0 bridgehead atoms. The van der Waals surface area contributed by atoms with E-state index in [9.17, 15) is 8.42 Å². The number of halogens is 1. The van der Waals surface area contributed by atoms with Crippen molar-refractivity contribution in [2.24, 2.45) is 8.73 Å². The van der Waals surface area contributed by atoms with E-state index in [1.807, 2.05) is 6.92 Å². The number of rotatable bonds is 6. The van der Waals surface area contributed by atoms with Gasteiger partial charge in [-0.15, -0.1) is 11.6 Å². The number of sulfonamides is 1. The average molecular weight is 320 g/mol. The zero-order chi connectivity index (χ0) is 13.9. The van der Waals surface area contributed by atoms with E-state index in [4.69, 9.17) is 11.6 Å². The molecule has 0 fully saturated rings. The lowest BCUT2D eigenvalue weighted by molar-refractivity contribution is 0.576. The van der Waals surface area contributed by atoms with Gasteiger partial charge < -0.3 is 0 Å². The number of hydrogen-bond donors (Lipinski definition) is 1. The lowest BCUT2D eigenvalue weighted by Crippen LogP contribution is -2.25. The normalized spacial score (nSPS) is 15.1. The molecule has 8 heteroatoms. The van der Waals surface area contributed by atoms with Crippen LogP contribution in [0.3, 0.4) is 0 Å². The van der Waals surface area contributed by atoms with Crippen LogP contribution >= 0.6 is 11.6 Å². The molecule has 1 heterocycles. The molecule has 0 radical (unpaired) electrons. The fourth-order valence-corrected chi connectivity index (χ4v) is 3.66. The smallest absolute Gasteiger partial charge is 0.211 e. The van der Waals surface area contributed by atoms with Gasteiger partial charge in [0.15, 0.2) is 0 Å². The summed E-state index contributed by atoms with van der Waals surface area (Å²) in [6.45, 7) is 2.26. The molecule has 1 aromatic rings. The fourth-order valence-electron chi connectivity index (χ4n) is 1.67. The van der Waals surface area contributed by atoms with Crippen LogP contribution in [-0.2, 0) is 21.4 Å². The van der Waals surface area contributed by atoms with Gasteiger partial charge in [0.1, 0.15) is 16.3 Å². The van der Waals surface area contributed by atoms with E-state index in [0.717, 1.165) is 17.8 Å². The highest BCUT2D eigenvalue weighted by Gasteiger charge is 2.21. The van der Waals surface area contributed by atoms with Crippen LogP contribution < -0.4 is 4.72 Å². The first-order valence-corrected chi connectivity index (χ1v) is 8.51. The predicted octanol–water partition coefficient (Wildman–Crippen LogP) is 3.10. The summed E-state index contributed by atoms with van der Waals surface area (Å²) in [5.41, 5.74) is 1.02. The Morgan fingerprint density at radius 3 is 2.95 bits per heavy atom. The lowest BCUT2D eigenvalue weighted by Gasteiger charge is -2.09. The molecule has 0 amide bonds. The molecule has 2 rings (SSSR count). The van der Waals surface area contributed by atoms with Crippen LogP contribution in [0.5, 0.6) is 0 Å². The monoisotopic (exact) mass is 319 g/mol. The van der Waals surface area contributed by atoms with Gasteiger partial charge in [0.2, 0.25) is 10.0 Å². The van der Waals surface area contributed by atoms with E-state index in [1.165, 1.54) is 6.07 Å². The maximum Gasteiger partial charge on any atom is 0.242 e. The van der Waals surface area contributed by atoms with Gasteiger partial charge in [0, 0.05) is 11.9 Å². The molecule has 1 aliphatic heterocycles. The molecule has 0 saturated carbocycles. The standard InChI is InChI=1S/C11H14ClN3O2S2/c1-8(12)4-3-7-13-19(16,17)10-6-2-5-9-11(10)15-18-14-9/h2,5-6,8,13H,3-4,7H2,1H3. The summed E-state index contributed by atoms with van der Waals surface area (Å²) in [5, 5.41) is 0.0516. The van der Waals surface area contributed by atoms with Crippen molar-refractivity contribution in [2.75, 3.05) is 6.54 Å². The van der Waals surface area contributed by atoms with Crippen LogP contribution in [0.25, 0.3) is 0 Å². The van der Waals surface area contributed by atoms with E-state index >= 15 is 0 Å². The zero-order valence-corrected chi connectivity index (χ0v) is 12.7. The van der Waals surface area contributed by atoms with Gasteiger partial charge in [0.25, 0.3) is 0 Å². The van der Waals surface area contributed by atoms with Crippen molar-refractivity contribution in [3.05, 3.63) is 18.2 Å². The van der Waals surface area contributed by atoms with Gasteiger partial charge in [-0.1, -0.05) is 6.07 Å². The molecule has 1 atom stereocenters. The predicted molar refractivity (Wildman–Crippen MR) is 77.7 cm³/mol. The van der Waals surface area contributed by atoms with E-state index in [1.54, 1.807) is 12.1 Å². The van der Waals surface area contributed by atoms with E-state index in [-0.39, 0.29) is 10.3 Å². The van der Waals surface area contributed by atoms with Gasteiger partial charge >= 0.3 is 0 Å². The molecule has 1 N–H and O–H groups in total. The van der Waals surface area contributed by atoms with E-state index in [2.05, 4.69) is 13.4 Å². The third-order valence-electron chi connectivity index (χ3n) is 2.61. The fraction of sp³-hybridized carbons (Fsp3) is 0.455. The van der Waals surface area contributed by atoms with Crippen molar-refractivity contribution in [1.29, 1.82) is 0 Å². The second-order valence-corrected chi connectivity index (χ2v) is 7.22. The Morgan fingerprint density at radius 2 is 2.21 bits per heavy atom. The average Bonchev–Trinajstić information content (AvgIpc) is 2.82. The van der Waals surface area contributed by atoms with Crippen molar-refractivity contribution in [2.45, 2.75) is 30.0 Å². The minimum Gasteiger partial charge on any atom is -0.211 e. The van der Waals surface area contributed by atoms with Crippen LogP contribution in [0.1, 0.15) is 19.8 Å². The Bertz CT molecular complexity index is 637. The third-order valence-corrected chi connectivity index (χ3v) is 4.86. The highest BCUT2D eigenvalue weighted by Crippen LogP contribution is 2.37. The van der Waals surface area contributed by atoms with Crippen LogP contribution in [0.4, 0.5) is 11.4 Å². The van der Waals surface area contributed by atoms with Crippen molar-refractivity contribution < 1.29 is 8.42 Å². The second kappa shape index (κ2) is 6.13. The Labute approximate surface area is 121 Å². The van der Waals surface area contributed by atoms with Crippen LogP contribution in [0, 0.1) is 0 Å². The number of nitrogens with one attached hydrogen (secondary N) is 1. The molecule has 1 aliphatic rings. The largest absolute Gasteiger partial charge is 0.242 e. The summed E-state index contributed by atoms with van der Waals surface area (Å²) in [6, 6.07) is 4.95. The first-order chi connectivity index (χ1) is 9.00. The van der Waals surface area contributed by atoms with Crippen LogP contribution in [-0.4, -0.2) is 20.3 Å². The summed E-state index contributed by atoms with van der Waals surface area (Å²) >= 11 is 6.82. The number of nitrogens with zero attached hydrogens (tertiary/aromatic N) is 2. The summed E-state index contributed by atoms with van der Waals surface area (Å²) in [4.78, 5) is 0.178. The van der Waals surface area contributed by atoms with Crippen LogP contribution in [0.2, 0.25) is 0 Å². The van der Waals surface area contributed by atoms with Gasteiger partial charge in [-0.3, -0.25) is 0 Å². The van der Waals surface area contributed by atoms with Gasteiger partial charge in [-0.25, -0.2) is 13.1 Å². The van der Waals surface area contributed by atoms with Crippen LogP contribution in [0.15, 0.2) is 31.8 Å². The second-order valence-electron chi connectivity index (χ2n) is 4.21. The first kappa shape index (κ1) is 14.6. The number of fused-ring (bicyclic) bond motifs is 1. The molecular formula is C11H14ClN3O2S2. The zero-order valence-electron chi connectivity index (χ0n) is 10.3. The summed E-state index contributed by atoms with van der Waals surface area (Å²) in [5.74, 6) is 0. The number of benzene rings is 1. The molecule has 5 nitrogen and oxygen atoms in total. The van der Waals surface area contributed by atoms with Crippen molar-refractivity contribution in [3.63, 3.8) is 0 Å². The highest BCUT2D eigenvalue weighted by molar-refractivity contribution is 7.89. The lowest BCUT2D eigenvalue weighted by atomic mass is 10.2. The Hall–Kier alpha value is -0.760. The third kappa shape index (κ3) is 3.62. The van der Waals surface area contributed by atoms with Gasteiger partial charge in [-0.2, -0.15) is 8.73 Å². The SMILES string of the molecule is CC(Cl)CCCNS(=O)(=O)c1cccc2c1N=S=N2. The van der Waals surface area contributed by atoms with Gasteiger partial charge in [-0.05, 0) is 31.9 Å². The quantitative estimate of drug-likeness (QED) is 0.656. The summed E-state index contributed by atoms with van der Waals surface area (Å²) in [7, 11) is -3.54. The maximum absolute atomic E-state index is 12.2. The molecule has 19 heavy (non-hydrogen) atoms. The molecule has 1 aromatic carbocycles. The molecule has 104 valence electrons. The molecule has 0 spiro atoms. The van der Waals surface area contributed by atoms with Crippen molar-refractivity contribution in [3.8, 4) is 0 Å². The highest BCUT2D eigenvalue weighted by atomic mass is 35.5. The van der Waals surface area contributed by atoms with E-state index in [0.29, 0.717) is 24.3 Å². The molecule has 0 saturated heterocycles. The number of alkyl halides is 1.